The van der Waals surface area contributed by atoms with Crippen molar-refractivity contribution in [2.24, 2.45) is 0 Å². The van der Waals surface area contributed by atoms with Crippen molar-refractivity contribution in [1.29, 1.82) is 0 Å². The molecule has 0 fully saturated rings. The minimum atomic E-state index is 1.18. The van der Waals surface area contributed by atoms with E-state index in [1.54, 1.807) is 0 Å². The van der Waals surface area contributed by atoms with Crippen molar-refractivity contribution >= 4 is 21.5 Å². The molecule has 8 aliphatic rings. The zero-order chi connectivity index (χ0) is 18.8. The van der Waals surface area contributed by atoms with Crippen LogP contribution in [0.5, 0.6) is 0 Å². The number of benzene rings is 4. The Bertz CT molecular complexity index is 938. The van der Waals surface area contributed by atoms with Crippen LogP contribution in [0.15, 0.2) is 72.8 Å². The predicted molar refractivity (Wildman–Crippen MR) is 121 cm³/mol. The summed E-state index contributed by atoms with van der Waals surface area (Å²) in [5.41, 5.74) is 5.89. The van der Waals surface area contributed by atoms with Crippen LogP contribution in [-0.2, 0) is 25.7 Å². The van der Waals surface area contributed by atoms with Crippen LogP contribution in [0.3, 0.4) is 0 Å². The molecule has 0 spiro atoms. The normalized spacial score (nSPS) is 15.4. The minimum absolute atomic E-state index is 1.18. The largest absolute Gasteiger partial charge is 0.0584 e. The third-order valence-electron chi connectivity index (χ3n) is 6.30. The van der Waals surface area contributed by atoms with Crippen molar-refractivity contribution in [3.05, 3.63) is 95.1 Å². The molecule has 0 heterocycles. The molecule has 0 amide bonds. The van der Waals surface area contributed by atoms with Gasteiger partial charge in [0.2, 0.25) is 0 Å². The van der Waals surface area contributed by atoms with Crippen molar-refractivity contribution < 1.29 is 0 Å². The molecule has 12 rings (SSSR count). The SMILES string of the molecule is c1cc2cc3ccc2cc1CCCCc1ccc2cc(ccc2c1)CCCC3. The summed E-state index contributed by atoms with van der Waals surface area (Å²) in [5.74, 6) is 0. The van der Waals surface area contributed by atoms with Gasteiger partial charge < -0.3 is 0 Å². The lowest BCUT2D eigenvalue weighted by Gasteiger charge is -2.09. The van der Waals surface area contributed by atoms with E-state index in [1.807, 2.05) is 0 Å². The first-order valence-electron chi connectivity index (χ1n) is 10.9. The van der Waals surface area contributed by atoms with Crippen LogP contribution in [0.4, 0.5) is 0 Å². The highest BCUT2D eigenvalue weighted by atomic mass is 14.1. The summed E-state index contributed by atoms with van der Waals surface area (Å²) in [6, 6.07) is 28.2. The second-order valence-corrected chi connectivity index (χ2v) is 8.45. The Morgan fingerprint density at radius 2 is 0.571 bits per heavy atom. The maximum absolute atomic E-state index is 2.39. The van der Waals surface area contributed by atoms with E-state index >= 15 is 0 Å². The fraction of sp³-hybridized carbons (Fsp3) is 0.286. The van der Waals surface area contributed by atoms with E-state index in [2.05, 4.69) is 72.8 Å². The molecule has 0 atom stereocenters. The maximum Gasteiger partial charge on any atom is -0.0181 e. The summed E-state index contributed by atoms with van der Waals surface area (Å²) >= 11 is 0. The average molecular weight is 365 g/mol. The zero-order valence-corrected chi connectivity index (χ0v) is 16.6. The zero-order valence-electron chi connectivity index (χ0n) is 16.6. The lowest BCUT2D eigenvalue weighted by molar-refractivity contribution is 0.734. The van der Waals surface area contributed by atoms with E-state index in [-0.39, 0.29) is 0 Å². The molecule has 0 aromatic heterocycles. The Kier molecular flexibility index (Phi) is 4.87. The van der Waals surface area contributed by atoms with Crippen molar-refractivity contribution in [2.45, 2.75) is 51.4 Å². The Balaban J connectivity index is 1.44. The molecule has 4 aromatic rings. The maximum atomic E-state index is 2.39. The van der Waals surface area contributed by atoms with Gasteiger partial charge in [-0.2, -0.15) is 0 Å². The highest BCUT2D eigenvalue weighted by Crippen LogP contribution is 2.23. The van der Waals surface area contributed by atoms with E-state index in [9.17, 15) is 0 Å². The third-order valence-corrected chi connectivity index (χ3v) is 6.30. The van der Waals surface area contributed by atoms with Crippen LogP contribution in [0, 0.1) is 0 Å². The van der Waals surface area contributed by atoms with Crippen molar-refractivity contribution in [2.75, 3.05) is 0 Å². The Labute approximate surface area is 168 Å². The van der Waals surface area contributed by atoms with Gasteiger partial charge in [0, 0.05) is 0 Å². The smallest absolute Gasteiger partial charge is 0.0181 e. The van der Waals surface area contributed by atoms with E-state index in [1.165, 1.54) is 95.2 Å². The molecular formula is C28H28. The Morgan fingerprint density at radius 1 is 0.321 bits per heavy atom. The number of rotatable bonds is 0. The second-order valence-electron chi connectivity index (χ2n) is 8.45. The summed E-state index contributed by atoms with van der Waals surface area (Å²) in [6.45, 7) is 0. The van der Waals surface area contributed by atoms with Gasteiger partial charge >= 0.3 is 0 Å². The lowest BCUT2D eigenvalue weighted by atomic mass is 9.96. The standard InChI is InChI=1S/C28H28/c1-2-6-22-10-14-28-20-24(12-16-27(28)18-22)8-4-3-7-23-11-15-25-17-21(5-1)9-13-26(25)19-23/h9-20H,1-8H2. The van der Waals surface area contributed by atoms with Gasteiger partial charge in [-0.25, -0.2) is 0 Å². The van der Waals surface area contributed by atoms with Crippen LogP contribution in [0.1, 0.15) is 47.9 Å². The molecule has 0 nitrogen and oxygen atoms in total. The quantitative estimate of drug-likeness (QED) is 0.304. The van der Waals surface area contributed by atoms with Crippen LogP contribution < -0.4 is 0 Å². The molecule has 0 saturated carbocycles. The predicted octanol–water partition coefficient (Wildman–Crippen LogP) is 7.44. The van der Waals surface area contributed by atoms with Gasteiger partial charge in [-0.05, 0) is 95.2 Å². The summed E-state index contributed by atoms with van der Waals surface area (Å²) in [7, 11) is 0. The van der Waals surface area contributed by atoms with Gasteiger partial charge in [-0.3, -0.25) is 0 Å². The molecule has 4 aromatic carbocycles. The molecule has 0 unspecified atom stereocenters. The van der Waals surface area contributed by atoms with Gasteiger partial charge in [0.1, 0.15) is 0 Å². The first kappa shape index (κ1) is 17.5. The Hall–Kier alpha value is -2.60. The molecule has 140 valence electrons. The molecule has 0 saturated heterocycles. The Morgan fingerprint density at radius 3 is 0.821 bits per heavy atom. The first-order chi connectivity index (χ1) is 13.8. The number of hydrogen-bond donors (Lipinski definition) is 0. The minimum Gasteiger partial charge on any atom is -0.0584 e. The highest BCUT2D eigenvalue weighted by Gasteiger charge is 2.04. The van der Waals surface area contributed by atoms with Crippen LogP contribution in [0.2, 0.25) is 0 Å². The van der Waals surface area contributed by atoms with E-state index < -0.39 is 0 Å². The van der Waals surface area contributed by atoms with Crippen LogP contribution in [-0.4, -0.2) is 0 Å². The molecule has 0 radical (unpaired) electrons. The van der Waals surface area contributed by atoms with E-state index in [4.69, 9.17) is 0 Å². The summed E-state index contributed by atoms with van der Waals surface area (Å²) < 4.78 is 0. The molecule has 0 N–H and O–H groups in total. The van der Waals surface area contributed by atoms with Gasteiger partial charge in [0.15, 0.2) is 0 Å². The number of hydrogen-bond acceptors (Lipinski definition) is 0. The molecule has 0 aliphatic heterocycles. The van der Waals surface area contributed by atoms with Crippen LogP contribution in [0.25, 0.3) is 21.5 Å². The van der Waals surface area contributed by atoms with Crippen molar-refractivity contribution in [1.82, 2.24) is 0 Å². The summed E-state index contributed by atoms with van der Waals surface area (Å²) in [5, 5.41) is 5.56. The van der Waals surface area contributed by atoms with Gasteiger partial charge in [-0.15, -0.1) is 0 Å². The topological polar surface area (TPSA) is 0 Å². The van der Waals surface area contributed by atoms with E-state index in [0.717, 1.165) is 0 Å². The number of aryl methyl sites for hydroxylation is 4. The molecule has 8 bridgehead atoms. The second kappa shape index (κ2) is 7.80. The third kappa shape index (κ3) is 3.83. The van der Waals surface area contributed by atoms with Crippen LogP contribution >= 0.6 is 0 Å². The van der Waals surface area contributed by atoms with Gasteiger partial charge in [-0.1, -0.05) is 72.8 Å². The highest BCUT2D eigenvalue weighted by molar-refractivity contribution is 5.84. The van der Waals surface area contributed by atoms with Gasteiger partial charge in [0.25, 0.3) is 0 Å². The molecule has 8 aliphatic carbocycles. The van der Waals surface area contributed by atoms with E-state index in [0.29, 0.717) is 0 Å². The monoisotopic (exact) mass is 364 g/mol. The lowest BCUT2D eigenvalue weighted by Crippen LogP contribution is -1.93. The first-order valence-corrected chi connectivity index (χ1v) is 10.9. The molecular weight excluding hydrogens is 336 g/mol. The van der Waals surface area contributed by atoms with Gasteiger partial charge in [0.05, 0.1) is 0 Å². The summed E-state index contributed by atoms with van der Waals surface area (Å²) in [4.78, 5) is 0. The fourth-order valence-electron chi connectivity index (χ4n) is 4.63. The molecule has 0 heteroatoms. The van der Waals surface area contributed by atoms with Crippen molar-refractivity contribution in [3.8, 4) is 0 Å². The summed E-state index contributed by atoms with van der Waals surface area (Å²) in [6.07, 6.45) is 9.70. The fourth-order valence-corrected chi connectivity index (χ4v) is 4.63. The van der Waals surface area contributed by atoms with Crippen molar-refractivity contribution in [3.63, 3.8) is 0 Å². The average Bonchev–Trinajstić information content (AvgIpc) is 2.73. The molecule has 28 heavy (non-hydrogen) atoms.